The number of benzene rings is 1. The molecule has 5 heteroatoms. The van der Waals surface area contributed by atoms with Crippen molar-refractivity contribution in [2.24, 2.45) is 0 Å². The molecule has 2 N–H and O–H groups in total. The van der Waals surface area contributed by atoms with Gasteiger partial charge in [-0.05, 0) is 30.5 Å². The summed E-state index contributed by atoms with van der Waals surface area (Å²) in [7, 11) is -1.75. The summed E-state index contributed by atoms with van der Waals surface area (Å²) in [4.78, 5) is 1.11. The average Bonchev–Trinajstić information content (AvgIpc) is 2.05. The zero-order valence-corrected chi connectivity index (χ0v) is 7.41. The van der Waals surface area contributed by atoms with Crippen molar-refractivity contribution in [2.75, 3.05) is 6.26 Å². The fourth-order valence-electron chi connectivity index (χ4n) is 0.776. The Bertz CT molecular complexity index is 237. The molecule has 0 aliphatic heterocycles. The van der Waals surface area contributed by atoms with E-state index >= 15 is 0 Å². The van der Waals surface area contributed by atoms with E-state index in [1.165, 1.54) is 0 Å². The second-order valence-corrected chi connectivity index (χ2v) is 3.00. The summed E-state index contributed by atoms with van der Waals surface area (Å²) < 4.78 is 4.62. The molecule has 1 aromatic carbocycles. The van der Waals surface area contributed by atoms with Crippen molar-refractivity contribution in [3.63, 3.8) is 0 Å². The smallest absolute Gasteiger partial charge is 0.512 e. The van der Waals surface area contributed by atoms with Gasteiger partial charge >= 0.3 is 7.32 Å². The van der Waals surface area contributed by atoms with Crippen LogP contribution in [0.2, 0.25) is 0 Å². The first-order chi connectivity index (χ1) is 5.72. The van der Waals surface area contributed by atoms with Crippen molar-refractivity contribution >= 4 is 19.1 Å². The normalized spacial score (nSPS) is 9.58. The average molecular weight is 184 g/mol. The molecule has 0 aliphatic rings. The molecular formula is C7H9BO3S. The first kappa shape index (κ1) is 9.44. The van der Waals surface area contributed by atoms with Crippen LogP contribution in [0.4, 0.5) is 0 Å². The maximum atomic E-state index is 8.46. The van der Waals surface area contributed by atoms with Gasteiger partial charge in [0.15, 0.2) is 0 Å². The predicted octanol–water partition coefficient (Wildman–Crippen LogP) is 0.757. The standard InChI is InChI=1S/C7H9BO3S/c1-12-7-4-2-6(3-5-7)11-8(9)10/h2-5,9-10H,1H3. The molecule has 0 heterocycles. The van der Waals surface area contributed by atoms with Crippen LogP contribution in [0.3, 0.4) is 0 Å². The predicted molar refractivity (Wildman–Crippen MR) is 49.0 cm³/mol. The lowest BCUT2D eigenvalue weighted by Crippen LogP contribution is -2.20. The molecule has 0 saturated heterocycles. The summed E-state index contributed by atoms with van der Waals surface area (Å²) in [6, 6.07) is 7.07. The van der Waals surface area contributed by atoms with Crippen LogP contribution in [0.5, 0.6) is 5.75 Å². The van der Waals surface area contributed by atoms with E-state index in [9.17, 15) is 0 Å². The SMILES string of the molecule is CSc1ccc(OB(O)O)cc1. The van der Waals surface area contributed by atoms with Crippen LogP contribution in [-0.4, -0.2) is 23.6 Å². The highest BCUT2D eigenvalue weighted by molar-refractivity contribution is 7.98. The Morgan fingerprint density at radius 2 is 1.83 bits per heavy atom. The topological polar surface area (TPSA) is 49.7 Å². The molecule has 12 heavy (non-hydrogen) atoms. The van der Waals surface area contributed by atoms with E-state index in [1.54, 1.807) is 23.9 Å². The van der Waals surface area contributed by atoms with Gasteiger partial charge in [0.2, 0.25) is 0 Å². The molecule has 0 amide bonds. The molecule has 0 unspecified atom stereocenters. The van der Waals surface area contributed by atoms with E-state index < -0.39 is 7.32 Å². The van der Waals surface area contributed by atoms with Crippen LogP contribution in [-0.2, 0) is 0 Å². The second kappa shape index (κ2) is 4.40. The van der Waals surface area contributed by atoms with E-state index in [4.69, 9.17) is 10.0 Å². The second-order valence-electron chi connectivity index (χ2n) is 2.12. The number of rotatable bonds is 3. The van der Waals surface area contributed by atoms with Crippen molar-refractivity contribution in [3.05, 3.63) is 24.3 Å². The molecule has 0 atom stereocenters. The van der Waals surface area contributed by atoms with Crippen molar-refractivity contribution in [1.82, 2.24) is 0 Å². The quantitative estimate of drug-likeness (QED) is 0.537. The fraction of sp³-hybridized carbons (Fsp3) is 0.143. The number of thioether (sulfide) groups is 1. The molecule has 0 fully saturated rings. The lowest BCUT2D eigenvalue weighted by molar-refractivity contribution is 0.288. The van der Waals surface area contributed by atoms with Crippen molar-refractivity contribution in [1.29, 1.82) is 0 Å². The molecule has 0 aromatic heterocycles. The summed E-state index contributed by atoms with van der Waals surface area (Å²) in [6.07, 6.45) is 1.97. The lowest BCUT2D eigenvalue weighted by Gasteiger charge is -2.04. The fourth-order valence-corrected chi connectivity index (χ4v) is 1.18. The van der Waals surface area contributed by atoms with E-state index in [2.05, 4.69) is 4.65 Å². The number of hydrogen-bond acceptors (Lipinski definition) is 4. The van der Waals surface area contributed by atoms with Crippen LogP contribution in [0.15, 0.2) is 29.2 Å². The Kier molecular flexibility index (Phi) is 3.46. The van der Waals surface area contributed by atoms with Gasteiger partial charge in [-0.3, -0.25) is 0 Å². The van der Waals surface area contributed by atoms with Crippen molar-refractivity contribution < 1.29 is 14.7 Å². The molecule has 1 aromatic rings. The molecule has 0 bridgehead atoms. The Labute approximate surface area is 75.5 Å². The van der Waals surface area contributed by atoms with Gasteiger partial charge in [0.1, 0.15) is 5.75 Å². The van der Waals surface area contributed by atoms with Gasteiger partial charge in [-0.1, -0.05) is 0 Å². The molecule has 3 nitrogen and oxygen atoms in total. The molecule has 0 aliphatic carbocycles. The Morgan fingerprint density at radius 3 is 2.25 bits per heavy atom. The molecule has 0 radical (unpaired) electrons. The maximum Gasteiger partial charge on any atom is 0.707 e. The van der Waals surface area contributed by atoms with Crippen molar-refractivity contribution in [2.45, 2.75) is 4.90 Å². The zero-order valence-electron chi connectivity index (χ0n) is 6.60. The zero-order chi connectivity index (χ0) is 8.97. The summed E-state index contributed by atoms with van der Waals surface area (Å²) in [5.41, 5.74) is 0. The first-order valence-electron chi connectivity index (χ1n) is 3.39. The molecule has 64 valence electrons. The van der Waals surface area contributed by atoms with Crippen LogP contribution in [0, 0.1) is 0 Å². The van der Waals surface area contributed by atoms with Gasteiger partial charge in [-0.15, -0.1) is 11.8 Å². The van der Waals surface area contributed by atoms with Crippen LogP contribution < -0.4 is 4.65 Å². The van der Waals surface area contributed by atoms with Crippen LogP contribution >= 0.6 is 11.8 Å². The summed E-state index contributed by atoms with van der Waals surface area (Å²) in [5, 5.41) is 16.9. The van der Waals surface area contributed by atoms with Gasteiger partial charge in [-0.2, -0.15) is 0 Å². The highest BCUT2D eigenvalue weighted by atomic mass is 32.2. The molecule has 0 saturated carbocycles. The Hall–Kier alpha value is -0.645. The van der Waals surface area contributed by atoms with Gasteiger partial charge < -0.3 is 14.7 Å². The summed E-state index contributed by atoms with van der Waals surface area (Å²) >= 11 is 1.62. The Balaban J connectivity index is 2.65. The van der Waals surface area contributed by atoms with Gasteiger partial charge in [0.05, 0.1) is 0 Å². The highest BCUT2D eigenvalue weighted by Crippen LogP contribution is 2.18. The highest BCUT2D eigenvalue weighted by Gasteiger charge is 2.10. The lowest BCUT2D eigenvalue weighted by atomic mass is 10.2. The minimum atomic E-state index is -1.75. The van der Waals surface area contributed by atoms with Gasteiger partial charge in [0.25, 0.3) is 0 Å². The largest absolute Gasteiger partial charge is 0.707 e. The maximum absolute atomic E-state index is 8.46. The van der Waals surface area contributed by atoms with Gasteiger partial charge in [-0.25, -0.2) is 0 Å². The molecule has 0 spiro atoms. The minimum absolute atomic E-state index is 0.447. The van der Waals surface area contributed by atoms with Crippen molar-refractivity contribution in [3.8, 4) is 5.75 Å². The molecule has 1 rings (SSSR count). The minimum Gasteiger partial charge on any atom is -0.512 e. The van der Waals surface area contributed by atoms with Gasteiger partial charge in [0, 0.05) is 4.90 Å². The number of hydrogen-bond donors (Lipinski definition) is 2. The summed E-state index contributed by atoms with van der Waals surface area (Å²) in [6.45, 7) is 0. The molecular weight excluding hydrogens is 175 g/mol. The van der Waals surface area contributed by atoms with E-state index in [1.807, 2.05) is 18.4 Å². The first-order valence-corrected chi connectivity index (χ1v) is 4.61. The Morgan fingerprint density at radius 1 is 1.25 bits per heavy atom. The third kappa shape index (κ3) is 2.77. The monoisotopic (exact) mass is 184 g/mol. The van der Waals surface area contributed by atoms with E-state index in [0.717, 1.165) is 4.90 Å². The third-order valence-electron chi connectivity index (χ3n) is 1.30. The third-order valence-corrected chi connectivity index (χ3v) is 2.04. The van der Waals surface area contributed by atoms with E-state index in [0.29, 0.717) is 5.75 Å². The van der Waals surface area contributed by atoms with Crippen LogP contribution in [0.25, 0.3) is 0 Å². The summed E-state index contributed by atoms with van der Waals surface area (Å²) in [5.74, 6) is 0.447. The van der Waals surface area contributed by atoms with E-state index in [-0.39, 0.29) is 0 Å². The van der Waals surface area contributed by atoms with Crippen LogP contribution in [0.1, 0.15) is 0 Å².